The van der Waals surface area contributed by atoms with Gasteiger partial charge in [-0.25, -0.2) is 0 Å². The van der Waals surface area contributed by atoms with Crippen LogP contribution in [0.3, 0.4) is 0 Å². The maximum absolute atomic E-state index is 5.97. The van der Waals surface area contributed by atoms with Crippen LogP contribution in [0.4, 0.5) is 11.4 Å². The number of hydrogen-bond donors (Lipinski definition) is 2. The Kier molecular flexibility index (Phi) is 6.10. The molecule has 3 N–H and O–H groups in total. The van der Waals surface area contributed by atoms with Gasteiger partial charge in [-0.2, -0.15) is 0 Å². The molecule has 0 saturated carbocycles. The second-order valence-corrected chi connectivity index (χ2v) is 5.13. The summed E-state index contributed by atoms with van der Waals surface area (Å²) in [5.74, 6) is 0. The maximum atomic E-state index is 5.97. The van der Waals surface area contributed by atoms with E-state index in [0.29, 0.717) is 6.61 Å². The lowest BCUT2D eigenvalue weighted by Crippen LogP contribution is -2.17. The van der Waals surface area contributed by atoms with E-state index < -0.39 is 0 Å². The lowest BCUT2D eigenvalue weighted by molar-refractivity contribution is 0.0349. The summed E-state index contributed by atoms with van der Waals surface area (Å²) in [7, 11) is 0. The van der Waals surface area contributed by atoms with Crippen molar-refractivity contribution in [3.8, 4) is 0 Å². The number of nitrogens with one attached hydrogen (secondary N) is 1. The lowest BCUT2D eigenvalue weighted by Gasteiger charge is -2.17. The molecule has 0 radical (unpaired) electrons. The summed E-state index contributed by atoms with van der Waals surface area (Å²) >= 11 is 0. The second kappa shape index (κ2) is 8.32. The molecule has 2 rings (SSSR count). The summed E-state index contributed by atoms with van der Waals surface area (Å²) < 4.78 is 5.97. The molecular formula is C18H24N2O. The molecule has 1 unspecified atom stereocenters. The average Bonchev–Trinajstić information content (AvgIpc) is 2.53. The fourth-order valence-electron chi connectivity index (χ4n) is 2.22. The van der Waals surface area contributed by atoms with Crippen LogP contribution in [0.5, 0.6) is 0 Å². The van der Waals surface area contributed by atoms with E-state index in [2.05, 4.69) is 24.4 Å². The Morgan fingerprint density at radius 1 is 1.05 bits per heavy atom. The first kappa shape index (κ1) is 15.4. The van der Waals surface area contributed by atoms with Crippen molar-refractivity contribution in [1.29, 1.82) is 0 Å². The molecule has 0 fully saturated rings. The third-order valence-corrected chi connectivity index (χ3v) is 3.53. The highest BCUT2D eigenvalue weighted by Crippen LogP contribution is 2.17. The Morgan fingerprint density at radius 2 is 1.76 bits per heavy atom. The lowest BCUT2D eigenvalue weighted by atomic mass is 10.2. The van der Waals surface area contributed by atoms with Gasteiger partial charge in [-0.15, -0.1) is 0 Å². The van der Waals surface area contributed by atoms with E-state index in [9.17, 15) is 0 Å². The highest BCUT2D eigenvalue weighted by atomic mass is 16.5. The van der Waals surface area contributed by atoms with Gasteiger partial charge in [0.1, 0.15) is 0 Å². The molecule has 0 aliphatic heterocycles. The molecule has 0 saturated heterocycles. The van der Waals surface area contributed by atoms with Crippen LogP contribution < -0.4 is 11.1 Å². The molecule has 0 aliphatic carbocycles. The minimum atomic E-state index is 0.266. The van der Waals surface area contributed by atoms with Crippen LogP contribution in [-0.4, -0.2) is 12.6 Å². The molecule has 2 aromatic rings. The fraction of sp³-hybridized carbons (Fsp3) is 0.333. The number of rotatable bonds is 8. The zero-order valence-corrected chi connectivity index (χ0v) is 12.6. The minimum Gasteiger partial charge on any atom is -0.397 e. The number of anilines is 2. The molecule has 112 valence electrons. The zero-order chi connectivity index (χ0) is 14.9. The van der Waals surface area contributed by atoms with Gasteiger partial charge < -0.3 is 15.8 Å². The largest absolute Gasteiger partial charge is 0.397 e. The Bertz CT molecular complexity index is 528. The molecule has 0 heterocycles. The Morgan fingerprint density at radius 3 is 2.48 bits per heavy atom. The van der Waals surface area contributed by atoms with E-state index in [1.54, 1.807) is 0 Å². The van der Waals surface area contributed by atoms with Gasteiger partial charge in [0, 0.05) is 6.54 Å². The molecule has 3 nitrogen and oxygen atoms in total. The molecule has 2 aromatic carbocycles. The van der Waals surface area contributed by atoms with Crippen LogP contribution in [0.2, 0.25) is 0 Å². The van der Waals surface area contributed by atoms with E-state index in [1.807, 2.05) is 42.5 Å². The first-order chi connectivity index (χ1) is 10.3. The standard InChI is InChI=1S/C18H24N2O/c1-2-16(21-14-15-8-4-3-5-9-15)12-13-20-18-11-7-6-10-17(18)19/h3-11,16,20H,2,12-14,19H2,1H3. The van der Waals surface area contributed by atoms with Gasteiger partial charge in [0.25, 0.3) is 0 Å². The number of nitrogens with two attached hydrogens (primary N) is 1. The number of ether oxygens (including phenoxy) is 1. The van der Waals surface area contributed by atoms with Crippen LogP contribution in [0, 0.1) is 0 Å². The predicted molar refractivity (Wildman–Crippen MR) is 89.3 cm³/mol. The van der Waals surface area contributed by atoms with Crippen LogP contribution >= 0.6 is 0 Å². The summed E-state index contributed by atoms with van der Waals surface area (Å²) in [6.45, 7) is 3.70. The van der Waals surface area contributed by atoms with Gasteiger partial charge >= 0.3 is 0 Å². The predicted octanol–water partition coefficient (Wildman–Crippen LogP) is 4.07. The molecule has 0 aromatic heterocycles. The first-order valence-electron chi connectivity index (χ1n) is 7.53. The van der Waals surface area contributed by atoms with Crippen molar-refractivity contribution < 1.29 is 4.74 Å². The molecule has 0 bridgehead atoms. The molecular weight excluding hydrogens is 260 g/mol. The third kappa shape index (κ3) is 5.12. The summed E-state index contributed by atoms with van der Waals surface area (Å²) in [5.41, 5.74) is 8.91. The van der Waals surface area contributed by atoms with E-state index in [4.69, 9.17) is 10.5 Å². The van der Waals surface area contributed by atoms with Gasteiger partial charge in [-0.05, 0) is 30.5 Å². The summed E-state index contributed by atoms with van der Waals surface area (Å²) in [4.78, 5) is 0. The zero-order valence-electron chi connectivity index (χ0n) is 12.6. The van der Waals surface area contributed by atoms with Gasteiger partial charge in [0.2, 0.25) is 0 Å². The number of benzene rings is 2. The summed E-state index contributed by atoms with van der Waals surface area (Å²) in [6, 6.07) is 18.1. The smallest absolute Gasteiger partial charge is 0.0720 e. The van der Waals surface area contributed by atoms with Crippen molar-refractivity contribution >= 4 is 11.4 Å². The van der Waals surface area contributed by atoms with Crippen molar-refractivity contribution in [2.45, 2.75) is 32.5 Å². The second-order valence-electron chi connectivity index (χ2n) is 5.13. The van der Waals surface area contributed by atoms with Crippen molar-refractivity contribution in [2.24, 2.45) is 0 Å². The number of hydrogen-bond acceptors (Lipinski definition) is 3. The average molecular weight is 284 g/mol. The van der Waals surface area contributed by atoms with Gasteiger partial charge in [0.05, 0.1) is 24.1 Å². The maximum Gasteiger partial charge on any atom is 0.0720 e. The molecule has 3 heteroatoms. The Balaban J connectivity index is 1.74. The van der Waals surface area contributed by atoms with E-state index in [1.165, 1.54) is 5.56 Å². The minimum absolute atomic E-state index is 0.266. The highest BCUT2D eigenvalue weighted by Gasteiger charge is 2.07. The van der Waals surface area contributed by atoms with Crippen LogP contribution in [0.1, 0.15) is 25.3 Å². The van der Waals surface area contributed by atoms with Crippen molar-refractivity contribution in [2.75, 3.05) is 17.6 Å². The summed E-state index contributed by atoms with van der Waals surface area (Å²) in [5, 5.41) is 3.37. The van der Waals surface area contributed by atoms with Gasteiger partial charge in [0.15, 0.2) is 0 Å². The SMILES string of the molecule is CCC(CCNc1ccccc1N)OCc1ccccc1. The van der Waals surface area contributed by atoms with Crippen LogP contribution in [0.15, 0.2) is 54.6 Å². The summed E-state index contributed by atoms with van der Waals surface area (Å²) in [6.07, 6.45) is 2.25. The monoisotopic (exact) mass is 284 g/mol. The molecule has 0 aliphatic rings. The Hall–Kier alpha value is -2.00. The van der Waals surface area contributed by atoms with Gasteiger partial charge in [-0.1, -0.05) is 49.4 Å². The number of nitrogen functional groups attached to an aromatic ring is 1. The van der Waals surface area contributed by atoms with Gasteiger partial charge in [-0.3, -0.25) is 0 Å². The van der Waals surface area contributed by atoms with E-state index in [-0.39, 0.29) is 6.10 Å². The molecule has 21 heavy (non-hydrogen) atoms. The number of para-hydroxylation sites is 2. The molecule has 1 atom stereocenters. The molecule has 0 spiro atoms. The van der Waals surface area contributed by atoms with Crippen LogP contribution in [-0.2, 0) is 11.3 Å². The first-order valence-corrected chi connectivity index (χ1v) is 7.53. The van der Waals surface area contributed by atoms with Crippen molar-refractivity contribution in [1.82, 2.24) is 0 Å². The van der Waals surface area contributed by atoms with E-state index >= 15 is 0 Å². The van der Waals surface area contributed by atoms with Crippen molar-refractivity contribution in [3.05, 3.63) is 60.2 Å². The Labute approximate surface area is 127 Å². The van der Waals surface area contributed by atoms with Crippen molar-refractivity contribution in [3.63, 3.8) is 0 Å². The fourth-order valence-corrected chi connectivity index (χ4v) is 2.22. The molecule has 0 amide bonds. The quantitative estimate of drug-likeness (QED) is 0.718. The third-order valence-electron chi connectivity index (χ3n) is 3.53. The van der Waals surface area contributed by atoms with E-state index in [0.717, 1.165) is 30.8 Å². The topological polar surface area (TPSA) is 47.3 Å². The highest BCUT2D eigenvalue weighted by molar-refractivity contribution is 5.65. The normalized spacial score (nSPS) is 12.0. The van der Waals surface area contributed by atoms with Crippen LogP contribution in [0.25, 0.3) is 0 Å².